The van der Waals surface area contributed by atoms with E-state index in [1.165, 1.54) is 18.2 Å². The summed E-state index contributed by atoms with van der Waals surface area (Å²) in [5.41, 5.74) is 0. The average Bonchev–Trinajstić information content (AvgIpc) is 2.32. The topological polar surface area (TPSA) is 58.2 Å². The molecule has 0 atom stereocenters. The lowest BCUT2D eigenvalue weighted by Gasteiger charge is -2.08. The Morgan fingerprint density at radius 3 is 2.67 bits per heavy atom. The van der Waals surface area contributed by atoms with Crippen LogP contribution < -0.4 is 10.0 Å². The van der Waals surface area contributed by atoms with Crippen LogP contribution in [-0.4, -0.2) is 28.1 Å². The van der Waals surface area contributed by atoms with E-state index in [2.05, 4.69) is 10.0 Å². The molecule has 0 saturated heterocycles. The maximum absolute atomic E-state index is 13.6. The highest BCUT2D eigenvalue weighted by Crippen LogP contribution is 2.21. The standard InChI is InChI=1S/C11H16ClFN2O2S/c1-2-6-14-7-8-15-18(16,17)10-5-3-4-9(12)11(10)13/h3-5,14-15H,2,6-8H2,1H3. The molecule has 4 nitrogen and oxygen atoms in total. The number of hydrogen-bond donors (Lipinski definition) is 2. The Morgan fingerprint density at radius 1 is 1.28 bits per heavy atom. The quantitative estimate of drug-likeness (QED) is 0.754. The van der Waals surface area contributed by atoms with Gasteiger partial charge in [0.15, 0.2) is 5.82 Å². The third-order valence-corrected chi connectivity index (χ3v) is 4.00. The van der Waals surface area contributed by atoms with Crippen molar-refractivity contribution in [3.8, 4) is 0 Å². The first kappa shape index (κ1) is 15.4. The fraction of sp³-hybridized carbons (Fsp3) is 0.455. The third kappa shape index (κ3) is 4.20. The van der Waals surface area contributed by atoms with Crippen LogP contribution in [0.25, 0.3) is 0 Å². The zero-order valence-corrected chi connectivity index (χ0v) is 11.6. The van der Waals surface area contributed by atoms with Gasteiger partial charge < -0.3 is 5.32 Å². The van der Waals surface area contributed by atoms with Gasteiger partial charge in [0.05, 0.1) is 5.02 Å². The molecule has 0 radical (unpaired) electrons. The summed E-state index contributed by atoms with van der Waals surface area (Å²) in [5.74, 6) is -0.923. The van der Waals surface area contributed by atoms with E-state index in [4.69, 9.17) is 11.6 Å². The molecule has 0 aromatic heterocycles. The van der Waals surface area contributed by atoms with Gasteiger partial charge in [0, 0.05) is 13.1 Å². The molecule has 0 saturated carbocycles. The summed E-state index contributed by atoms with van der Waals surface area (Å²) < 4.78 is 39.5. The fourth-order valence-corrected chi connectivity index (χ4v) is 2.71. The molecular weight excluding hydrogens is 279 g/mol. The van der Waals surface area contributed by atoms with Crippen molar-refractivity contribution in [3.05, 3.63) is 29.0 Å². The van der Waals surface area contributed by atoms with E-state index < -0.39 is 20.7 Å². The normalized spacial score (nSPS) is 11.7. The third-order valence-electron chi connectivity index (χ3n) is 2.23. The van der Waals surface area contributed by atoms with Gasteiger partial charge in [-0.25, -0.2) is 17.5 Å². The molecule has 0 aliphatic heterocycles. The van der Waals surface area contributed by atoms with Crippen molar-refractivity contribution in [2.24, 2.45) is 0 Å². The van der Waals surface area contributed by atoms with Gasteiger partial charge in [-0.15, -0.1) is 0 Å². The molecule has 0 aliphatic rings. The molecule has 1 aromatic carbocycles. The van der Waals surface area contributed by atoms with Crippen molar-refractivity contribution >= 4 is 21.6 Å². The van der Waals surface area contributed by atoms with Gasteiger partial charge in [-0.2, -0.15) is 0 Å². The van der Waals surface area contributed by atoms with E-state index in [0.717, 1.165) is 13.0 Å². The maximum Gasteiger partial charge on any atom is 0.243 e. The Labute approximate surface area is 112 Å². The second kappa shape index (κ2) is 7.04. The molecule has 7 heteroatoms. The number of halogens is 2. The van der Waals surface area contributed by atoms with Gasteiger partial charge in [-0.1, -0.05) is 24.6 Å². The molecule has 0 heterocycles. The molecule has 0 aliphatic carbocycles. The molecule has 1 aromatic rings. The summed E-state index contributed by atoms with van der Waals surface area (Å²) in [5, 5.41) is 2.83. The van der Waals surface area contributed by atoms with E-state index in [0.29, 0.717) is 6.54 Å². The lowest BCUT2D eigenvalue weighted by atomic mass is 10.3. The fourth-order valence-electron chi connectivity index (χ4n) is 1.34. The molecule has 2 N–H and O–H groups in total. The van der Waals surface area contributed by atoms with Gasteiger partial charge in [0.25, 0.3) is 0 Å². The Balaban J connectivity index is 2.66. The first-order valence-electron chi connectivity index (χ1n) is 5.63. The van der Waals surface area contributed by atoms with Crippen molar-refractivity contribution in [1.29, 1.82) is 0 Å². The van der Waals surface area contributed by atoms with Crippen molar-refractivity contribution in [3.63, 3.8) is 0 Å². The van der Waals surface area contributed by atoms with Crippen molar-refractivity contribution in [1.82, 2.24) is 10.0 Å². The van der Waals surface area contributed by atoms with E-state index in [1.807, 2.05) is 6.92 Å². The zero-order valence-electron chi connectivity index (χ0n) is 10.0. The minimum absolute atomic E-state index is 0.203. The van der Waals surface area contributed by atoms with Gasteiger partial charge >= 0.3 is 0 Å². The summed E-state index contributed by atoms with van der Waals surface area (Å²) >= 11 is 5.54. The summed E-state index contributed by atoms with van der Waals surface area (Å²) in [7, 11) is -3.85. The summed E-state index contributed by atoms with van der Waals surface area (Å²) in [6.45, 7) is 3.52. The van der Waals surface area contributed by atoms with E-state index in [9.17, 15) is 12.8 Å². The predicted octanol–water partition coefficient (Wildman–Crippen LogP) is 1.76. The van der Waals surface area contributed by atoms with Gasteiger partial charge in [0.1, 0.15) is 4.90 Å². The molecule has 1 rings (SSSR count). The summed E-state index contributed by atoms with van der Waals surface area (Å²) in [6.07, 6.45) is 0.968. The molecule has 0 unspecified atom stereocenters. The van der Waals surface area contributed by atoms with Crippen LogP contribution in [0, 0.1) is 5.82 Å². The molecule has 0 spiro atoms. The molecule has 0 fully saturated rings. The first-order valence-corrected chi connectivity index (χ1v) is 7.49. The molecule has 0 amide bonds. The van der Waals surface area contributed by atoms with Crippen LogP contribution in [0.15, 0.2) is 23.1 Å². The van der Waals surface area contributed by atoms with Gasteiger partial charge in [0.2, 0.25) is 10.0 Å². The van der Waals surface area contributed by atoms with Crippen LogP contribution in [0.1, 0.15) is 13.3 Å². The minimum Gasteiger partial charge on any atom is -0.315 e. The maximum atomic E-state index is 13.6. The summed E-state index contributed by atoms with van der Waals surface area (Å²) in [6, 6.07) is 3.89. The number of sulfonamides is 1. The molecular formula is C11H16ClFN2O2S. The van der Waals surface area contributed by atoms with Crippen LogP contribution in [0.4, 0.5) is 4.39 Å². The highest BCUT2D eigenvalue weighted by Gasteiger charge is 2.19. The smallest absolute Gasteiger partial charge is 0.243 e. The Bertz CT molecular complexity index is 494. The van der Waals surface area contributed by atoms with Gasteiger partial charge in [-0.05, 0) is 25.1 Å². The van der Waals surface area contributed by atoms with E-state index >= 15 is 0 Å². The highest BCUT2D eigenvalue weighted by molar-refractivity contribution is 7.89. The van der Waals surface area contributed by atoms with Crippen LogP contribution in [0.3, 0.4) is 0 Å². The second-order valence-electron chi connectivity index (χ2n) is 3.70. The molecule has 0 bridgehead atoms. The number of nitrogens with one attached hydrogen (secondary N) is 2. The van der Waals surface area contributed by atoms with Crippen LogP contribution in [0.5, 0.6) is 0 Å². The lowest BCUT2D eigenvalue weighted by molar-refractivity contribution is 0.554. The van der Waals surface area contributed by atoms with Gasteiger partial charge in [-0.3, -0.25) is 0 Å². The number of rotatable bonds is 7. The summed E-state index contributed by atoms with van der Waals surface area (Å²) in [4.78, 5) is -0.425. The predicted molar refractivity (Wildman–Crippen MR) is 69.8 cm³/mol. The van der Waals surface area contributed by atoms with Crippen LogP contribution in [0.2, 0.25) is 5.02 Å². The van der Waals surface area contributed by atoms with Crippen molar-refractivity contribution in [2.45, 2.75) is 18.2 Å². The molecule has 102 valence electrons. The van der Waals surface area contributed by atoms with Crippen LogP contribution >= 0.6 is 11.6 Å². The number of hydrogen-bond acceptors (Lipinski definition) is 3. The number of benzene rings is 1. The zero-order chi connectivity index (χ0) is 13.6. The highest BCUT2D eigenvalue weighted by atomic mass is 35.5. The van der Waals surface area contributed by atoms with E-state index in [1.54, 1.807) is 0 Å². The van der Waals surface area contributed by atoms with E-state index in [-0.39, 0.29) is 11.6 Å². The lowest BCUT2D eigenvalue weighted by Crippen LogP contribution is -2.32. The first-order chi connectivity index (χ1) is 8.49. The van der Waals surface area contributed by atoms with Crippen LogP contribution in [-0.2, 0) is 10.0 Å². The second-order valence-corrected chi connectivity index (χ2v) is 5.84. The minimum atomic E-state index is -3.85. The SMILES string of the molecule is CCCNCCNS(=O)(=O)c1cccc(Cl)c1F. The Kier molecular flexibility index (Phi) is 6.01. The molecule has 18 heavy (non-hydrogen) atoms. The monoisotopic (exact) mass is 294 g/mol. The average molecular weight is 295 g/mol. The largest absolute Gasteiger partial charge is 0.315 e. The van der Waals surface area contributed by atoms with Crippen molar-refractivity contribution in [2.75, 3.05) is 19.6 Å². The Hall–Kier alpha value is -0.690. The Morgan fingerprint density at radius 2 is 2.00 bits per heavy atom. The van der Waals surface area contributed by atoms with Crippen molar-refractivity contribution < 1.29 is 12.8 Å².